The molecule has 0 aliphatic rings. The number of aromatic nitrogens is 3. The monoisotopic (exact) mass is 226 g/mol. The summed E-state index contributed by atoms with van der Waals surface area (Å²) in [4.78, 5) is 25.9. The predicted molar refractivity (Wildman–Crippen MR) is 54.5 cm³/mol. The highest BCUT2D eigenvalue weighted by Gasteiger charge is 2.28. The van der Waals surface area contributed by atoms with Crippen LogP contribution >= 0.6 is 0 Å². The number of carbonyl (C=O) groups excluding carboxylic acids is 1. The Balaban J connectivity index is 2.39. The van der Waals surface area contributed by atoms with Gasteiger partial charge in [-0.3, -0.25) is 9.48 Å². The van der Waals surface area contributed by atoms with Crippen LogP contribution in [0.3, 0.4) is 0 Å². The molecular weight excluding hydrogens is 212 g/mol. The Morgan fingerprint density at radius 3 is 2.69 bits per heavy atom. The lowest BCUT2D eigenvalue weighted by Crippen LogP contribution is -2.49. The van der Waals surface area contributed by atoms with Gasteiger partial charge in [-0.1, -0.05) is 0 Å². The van der Waals surface area contributed by atoms with Gasteiger partial charge in [0.15, 0.2) is 0 Å². The number of amides is 1. The zero-order valence-electron chi connectivity index (χ0n) is 9.17. The summed E-state index contributed by atoms with van der Waals surface area (Å²) in [7, 11) is 0. The molecule has 7 nitrogen and oxygen atoms in total. The summed E-state index contributed by atoms with van der Waals surface area (Å²) < 4.78 is 1.51. The van der Waals surface area contributed by atoms with Crippen LogP contribution in [0.25, 0.3) is 0 Å². The predicted octanol–water partition coefficient (Wildman–Crippen LogP) is -0.352. The normalized spacial score (nSPS) is 11.1. The van der Waals surface area contributed by atoms with Gasteiger partial charge >= 0.3 is 5.97 Å². The molecule has 1 amide bonds. The molecule has 1 heterocycles. The highest BCUT2D eigenvalue weighted by atomic mass is 16.4. The average molecular weight is 226 g/mol. The number of nitrogens with zero attached hydrogens (tertiary/aromatic N) is 3. The van der Waals surface area contributed by atoms with Crippen LogP contribution in [0.4, 0.5) is 0 Å². The van der Waals surface area contributed by atoms with Crippen LogP contribution in [0.5, 0.6) is 0 Å². The zero-order valence-corrected chi connectivity index (χ0v) is 9.17. The van der Waals surface area contributed by atoms with Crippen molar-refractivity contribution in [3.8, 4) is 0 Å². The number of carbonyl (C=O) groups is 2. The largest absolute Gasteiger partial charge is 0.480 e. The third kappa shape index (κ3) is 3.34. The van der Waals surface area contributed by atoms with Crippen LogP contribution in [0.15, 0.2) is 12.7 Å². The Morgan fingerprint density at radius 1 is 1.50 bits per heavy atom. The van der Waals surface area contributed by atoms with E-state index in [1.165, 1.54) is 31.2 Å². The van der Waals surface area contributed by atoms with Crippen molar-refractivity contribution < 1.29 is 14.7 Å². The van der Waals surface area contributed by atoms with Crippen LogP contribution in [0, 0.1) is 0 Å². The van der Waals surface area contributed by atoms with E-state index in [-0.39, 0.29) is 12.3 Å². The molecule has 88 valence electrons. The lowest BCUT2D eigenvalue weighted by molar-refractivity contribution is -0.146. The van der Waals surface area contributed by atoms with Crippen LogP contribution in [-0.2, 0) is 16.1 Å². The van der Waals surface area contributed by atoms with Gasteiger partial charge in [0.05, 0.1) is 6.54 Å². The first-order chi connectivity index (χ1) is 7.42. The lowest BCUT2D eigenvalue weighted by Gasteiger charge is -2.20. The maximum atomic E-state index is 11.4. The number of aliphatic carboxylic acids is 1. The van der Waals surface area contributed by atoms with E-state index in [1.54, 1.807) is 0 Å². The van der Waals surface area contributed by atoms with Crippen molar-refractivity contribution in [2.24, 2.45) is 0 Å². The van der Waals surface area contributed by atoms with Gasteiger partial charge in [-0.15, -0.1) is 0 Å². The summed E-state index contributed by atoms with van der Waals surface area (Å²) in [6, 6.07) is 0. The Morgan fingerprint density at radius 2 is 2.19 bits per heavy atom. The van der Waals surface area contributed by atoms with E-state index in [2.05, 4.69) is 15.4 Å². The zero-order chi connectivity index (χ0) is 12.2. The number of nitrogens with one attached hydrogen (secondary N) is 1. The maximum absolute atomic E-state index is 11.4. The summed E-state index contributed by atoms with van der Waals surface area (Å²) in [5.41, 5.74) is -1.25. The third-order valence-electron chi connectivity index (χ3n) is 2.02. The quantitative estimate of drug-likeness (QED) is 0.715. The fraction of sp³-hybridized carbons (Fsp3) is 0.556. The molecule has 0 saturated heterocycles. The molecule has 0 aliphatic carbocycles. The molecule has 7 heteroatoms. The Bertz CT molecular complexity index is 372. The van der Waals surface area contributed by atoms with Gasteiger partial charge in [-0.05, 0) is 13.8 Å². The number of hydrogen-bond acceptors (Lipinski definition) is 4. The van der Waals surface area contributed by atoms with E-state index in [4.69, 9.17) is 5.11 Å². The van der Waals surface area contributed by atoms with E-state index in [0.717, 1.165) is 0 Å². The highest BCUT2D eigenvalue weighted by molar-refractivity contribution is 5.86. The van der Waals surface area contributed by atoms with Gasteiger partial charge in [0.1, 0.15) is 18.2 Å². The molecule has 2 N–H and O–H groups in total. The molecule has 0 fully saturated rings. The molecule has 16 heavy (non-hydrogen) atoms. The summed E-state index contributed by atoms with van der Waals surface area (Å²) >= 11 is 0. The van der Waals surface area contributed by atoms with Gasteiger partial charge in [-0.25, -0.2) is 9.78 Å². The number of aryl methyl sites for hydroxylation is 1. The number of rotatable bonds is 5. The molecule has 0 saturated carbocycles. The van der Waals surface area contributed by atoms with Crippen molar-refractivity contribution >= 4 is 11.9 Å². The molecule has 0 bridgehead atoms. The van der Waals surface area contributed by atoms with Gasteiger partial charge in [0.25, 0.3) is 0 Å². The summed E-state index contributed by atoms with van der Waals surface area (Å²) in [6.07, 6.45) is 3.04. The number of carboxylic acid groups (broad SMARTS) is 1. The number of hydrogen-bond donors (Lipinski definition) is 2. The van der Waals surface area contributed by atoms with Crippen LogP contribution < -0.4 is 5.32 Å². The molecule has 0 aromatic carbocycles. The van der Waals surface area contributed by atoms with Gasteiger partial charge in [0.2, 0.25) is 5.91 Å². The van der Waals surface area contributed by atoms with Crippen molar-refractivity contribution in [2.45, 2.75) is 32.4 Å². The third-order valence-corrected chi connectivity index (χ3v) is 2.02. The Kier molecular flexibility index (Phi) is 3.60. The van der Waals surface area contributed by atoms with Gasteiger partial charge in [-0.2, -0.15) is 5.10 Å². The minimum Gasteiger partial charge on any atom is -0.480 e. The molecule has 0 unspecified atom stereocenters. The van der Waals surface area contributed by atoms with E-state index in [1.807, 2.05) is 0 Å². The molecule has 1 aromatic rings. The first-order valence-electron chi connectivity index (χ1n) is 4.78. The van der Waals surface area contributed by atoms with Crippen molar-refractivity contribution in [1.82, 2.24) is 20.1 Å². The van der Waals surface area contributed by atoms with E-state index < -0.39 is 11.5 Å². The Labute approximate surface area is 92.5 Å². The molecular formula is C9H14N4O3. The minimum atomic E-state index is -1.25. The summed E-state index contributed by atoms with van der Waals surface area (Å²) in [5.74, 6) is -1.40. The van der Waals surface area contributed by atoms with Crippen molar-refractivity contribution in [3.05, 3.63) is 12.7 Å². The van der Waals surface area contributed by atoms with Crippen LogP contribution in [0.2, 0.25) is 0 Å². The first kappa shape index (κ1) is 12.2. The molecule has 1 aromatic heterocycles. The van der Waals surface area contributed by atoms with Gasteiger partial charge in [0, 0.05) is 6.42 Å². The molecule has 0 aliphatic heterocycles. The second-order valence-electron chi connectivity index (χ2n) is 3.89. The fourth-order valence-electron chi connectivity index (χ4n) is 1.03. The first-order valence-corrected chi connectivity index (χ1v) is 4.78. The SMILES string of the molecule is CC(C)(NC(=O)CCn1cncn1)C(=O)O. The minimum absolute atomic E-state index is 0.167. The smallest absolute Gasteiger partial charge is 0.328 e. The van der Waals surface area contributed by atoms with Crippen molar-refractivity contribution in [3.63, 3.8) is 0 Å². The van der Waals surface area contributed by atoms with E-state index in [0.29, 0.717) is 6.54 Å². The lowest BCUT2D eigenvalue weighted by atomic mass is 10.1. The average Bonchev–Trinajstić information content (AvgIpc) is 2.66. The maximum Gasteiger partial charge on any atom is 0.328 e. The van der Waals surface area contributed by atoms with E-state index in [9.17, 15) is 9.59 Å². The van der Waals surface area contributed by atoms with Gasteiger partial charge < -0.3 is 10.4 Å². The molecule has 0 atom stereocenters. The van der Waals surface area contributed by atoms with Crippen LogP contribution in [0.1, 0.15) is 20.3 Å². The molecule has 0 spiro atoms. The van der Waals surface area contributed by atoms with E-state index >= 15 is 0 Å². The number of carboxylic acids is 1. The highest BCUT2D eigenvalue weighted by Crippen LogP contribution is 2.02. The van der Waals surface area contributed by atoms with Crippen molar-refractivity contribution in [2.75, 3.05) is 0 Å². The standard InChI is InChI=1S/C9H14N4O3/c1-9(2,8(15)16)12-7(14)3-4-13-6-10-5-11-13/h5-6H,3-4H2,1-2H3,(H,12,14)(H,15,16). The molecule has 0 radical (unpaired) electrons. The van der Waals surface area contributed by atoms with Crippen LogP contribution in [-0.4, -0.2) is 37.3 Å². The Hall–Kier alpha value is -1.92. The fourth-order valence-corrected chi connectivity index (χ4v) is 1.03. The topological polar surface area (TPSA) is 97.1 Å². The summed E-state index contributed by atoms with van der Waals surface area (Å²) in [6.45, 7) is 3.24. The van der Waals surface area contributed by atoms with Crippen molar-refractivity contribution in [1.29, 1.82) is 0 Å². The summed E-state index contributed by atoms with van der Waals surface area (Å²) in [5, 5.41) is 15.0. The molecule has 1 rings (SSSR count). The second-order valence-corrected chi connectivity index (χ2v) is 3.89. The second kappa shape index (κ2) is 4.73.